The molecule has 0 aromatic heterocycles. The number of benzene rings is 3. The molecule has 0 bridgehead atoms. The van der Waals surface area contributed by atoms with Crippen LogP contribution < -0.4 is 5.32 Å². The molecule has 0 aliphatic heterocycles. The minimum Gasteiger partial charge on any atom is -0.350 e. The zero-order valence-corrected chi connectivity index (χ0v) is 22.2. The van der Waals surface area contributed by atoms with Crippen molar-refractivity contribution in [2.75, 3.05) is 0 Å². The van der Waals surface area contributed by atoms with E-state index in [-0.39, 0.29) is 18.2 Å². The molecular weight excluding hydrogens is 479 g/mol. The maximum atomic E-state index is 13.9. The predicted molar refractivity (Wildman–Crippen MR) is 144 cm³/mol. The van der Waals surface area contributed by atoms with Crippen LogP contribution in [0.15, 0.2) is 72.8 Å². The van der Waals surface area contributed by atoms with Gasteiger partial charge >= 0.3 is 0 Å². The number of carbonyl (C=O) groups is 2. The first-order valence-corrected chi connectivity index (χ1v) is 12.4. The molecule has 184 valence electrons. The molecule has 0 aliphatic rings. The highest BCUT2D eigenvalue weighted by Crippen LogP contribution is 2.26. The first kappa shape index (κ1) is 26.8. The number of halogens is 2. The second kappa shape index (κ2) is 11.7. The average Bonchev–Trinajstić information content (AvgIpc) is 2.79. The van der Waals surface area contributed by atoms with Gasteiger partial charge in [-0.2, -0.15) is 0 Å². The number of nitrogens with one attached hydrogen (secondary N) is 1. The Morgan fingerprint density at radius 1 is 0.886 bits per heavy atom. The summed E-state index contributed by atoms with van der Waals surface area (Å²) in [5, 5.41) is 3.94. The largest absolute Gasteiger partial charge is 0.350 e. The van der Waals surface area contributed by atoms with E-state index in [1.54, 1.807) is 23.1 Å². The fourth-order valence-electron chi connectivity index (χ4n) is 3.93. The SMILES string of the molecule is Cc1ccccc1CN(C(=O)Cc1c(Cl)cccc1Cl)[C@@H](Cc1ccccc1)C(=O)NC(C)(C)C. The quantitative estimate of drug-likeness (QED) is 0.381. The second-order valence-electron chi connectivity index (χ2n) is 9.77. The van der Waals surface area contributed by atoms with Gasteiger partial charge in [0, 0.05) is 28.5 Å². The second-order valence-corrected chi connectivity index (χ2v) is 10.6. The summed E-state index contributed by atoms with van der Waals surface area (Å²) >= 11 is 12.8. The molecule has 0 fully saturated rings. The van der Waals surface area contributed by atoms with Gasteiger partial charge in [0.05, 0.1) is 6.42 Å². The van der Waals surface area contributed by atoms with Crippen LogP contribution >= 0.6 is 23.2 Å². The standard InChI is InChI=1S/C29H32Cl2N2O2/c1-20-11-8-9-14-22(20)19-33(27(34)18-23-24(30)15-10-16-25(23)31)26(28(35)32-29(2,3)4)17-21-12-6-5-7-13-21/h5-16,26H,17-19H2,1-4H3,(H,32,35)/t26-/m0/s1. The zero-order chi connectivity index (χ0) is 25.6. The van der Waals surface area contributed by atoms with Crippen molar-refractivity contribution in [2.45, 2.75) is 58.7 Å². The van der Waals surface area contributed by atoms with E-state index in [2.05, 4.69) is 5.32 Å². The average molecular weight is 511 g/mol. The number of hydrogen-bond donors (Lipinski definition) is 1. The maximum absolute atomic E-state index is 13.9. The molecule has 0 saturated heterocycles. The van der Waals surface area contributed by atoms with Crippen molar-refractivity contribution < 1.29 is 9.59 Å². The topological polar surface area (TPSA) is 49.4 Å². The Hall–Kier alpha value is -2.82. The van der Waals surface area contributed by atoms with Gasteiger partial charge in [0.15, 0.2) is 0 Å². The first-order chi connectivity index (χ1) is 16.5. The summed E-state index contributed by atoms with van der Waals surface area (Å²) in [5.74, 6) is -0.415. The van der Waals surface area contributed by atoms with Gasteiger partial charge in [-0.05, 0) is 62.1 Å². The van der Waals surface area contributed by atoms with Crippen molar-refractivity contribution in [3.8, 4) is 0 Å². The summed E-state index contributed by atoms with van der Waals surface area (Å²) in [4.78, 5) is 29.1. The Kier molecular flexibility index (Phi) is 8.98. The van der Waals surface area contributed by atoms with Crippen LogP contribution in [0.4, 0.5) is 0 Å². The van der Waals surface area contributed by atoms with Gasteiger partial charge < -0.3 is 10.2 Å². The third-order valence-corrected chi connectivity index (χ3v) is 6.47. The summed E-state index contributed by atoms with van der Waals surface area (Å²) in [6, 6.07) is 22.1. The van der Waals surface area contributed by atoms with Crippen molar-refractivity contribution in [1.29, 1.82) is 0 Å². The van der Waals surface area contributed by atoms with Crippen LogP contribution in [-0.4, -0.2) is 28.3 Å². The number of amides is 2. The van der Waals surface area contributed by atoms with E-state index in [4.69, 9.17) is 23.2 Å². The summed E-state index contributed by atoms with van der Waals surface area (Å²) in [6.45, 7) is 8.09. The minimum absolute atomic E-state index is 0.00151. The van der Waals surface area contributed by atoms with E-state index in [0.29, 0.717) is 28.6 Å². The Balaban J connectivity index is 2.04. The monoisotopic (exact) mass is 510 g/mol. The first-order valence-electron chi connectivity index (χ1n) is 11.7. The van der Waals surface area contributed by atoms with Crippen molar-refractivity contribution in [2.24, 2.45) is 0 Å². The molecule has 0 heterocycles. The van der Waals surface area contributed by atoms with Gasteiger partial charge in [0.2, 0.25) is 11.8 Å². The third-order valence-electron chi connectivity index (χ3n) is 5.76. The van der Waals surface area contributed by atoms with Crippen molar-refractivity contribution in [3.63, 3.8) is 0 Å². The van der Waals surface area contributed by atoms with Crippen LogP contribution in [0, 0.1) is 6.92 Å². The van der Waals surface area contributed by atoms with Crippen LogP contribution in [0.3, 0.4) is 0 Å². The molecule has 0 unspecified atom stereocenters. The lowest BCUT2D eigenvalue weighted by Gasteiger charge is -2.34. The van der Waals surface area contributed by atoms with E-state index in [0.717, 1.165) is 16.7 Å². The molecule has 6 heteroatoms. The number of aryl methyl sites for hydroxylation is 1. The molecule has 35 heavy (non-hydrogen) atoms. The van der Waals surface area contributed by atoms with E-state index in [1.807, 2.05) is 82.3 Å². The number of carbonyl (C=O) groups excluding carboxylic acids is 2. The van der Waals surface area contributed by atoms with E-state index in [9.17, 15) is 9.59 Å². The Morgan fingerprint density at radius 3 is 2.09 bits per heavy atom. The van der Waals surface area contributed by atoms with E-state index in [1.165, 1.54) is 0 Å². The fourth-order valence-corrected chi connectivity index (χ4v) is 4.46. The lowest BCUT2D eigenvalue weighted by Crippen LogP contribution is -2.54. The Labute approximate surface area is 218 Å². The maximum Gasteiger partial charge on any atom is 0.243 e. The number of nitrogens with zero attached hydrogens (tertiary/aromatic N) is 1. The molecule has 2 amide bonds. The molecule has 0 saturated carbocycles. The molecular formula is C29H32Cl2N2O2. The molecule has 3 aromatic carbocycles. The molecule has 0 radical (unpaired) electrons. The van der Waals surface area contributed by atoms with Crippen molar-refractivity contribution >= 4 is 35.0 Å². The van der Waals surface area contributed by atoms with Crippen LogP contribution in [0.25, 0.3) is 0 Å². The normalized spacial score (nSPS) is 12.2. The Bertz CT molecular complexity index is 1150. The van der Waals surface area contributed by atoms with Crippen molar-refractivity contribution in [3.05, 3.63) is 105 Å². The highest BCUT2D eigenvalue weighted by molar-refractivity contribution is 6.36. The van der Waals surface area contributed by atoms with Crippen LogP contribution in [0.2, 0.25) is 10.0 Å². The summed E-state index contributed by atoms with van der Waals surface area (Å²) in [7, 11) is 0. The minimum atomic E-state index is -0.718. The van der Waals surface area contributed by atoms with E-state index < -0.39 is 11.6 Å². The smallest absolute Gasteiger partial charge is 0.243 e. The summed E-state index contributed by atoms with van der Waals surface area (Å²) in [6.07, 6.45) is 0.384. The van der Waals surface area contributed by atoms with Gasteiger partial charge in [0.1, 0.15) is 6.04 Å². The highest BCUT2D eigenvalue weighted by Gasteiger charge is 2.33. The van der Waals surface area contributed by atoms with Gasteiger partial charge in [-0.3, -0.25) is 9.59 Å². The Morgan fingerprint density at radius 2 is 1.49 bits per heavy atom. The van der Waals surface area contributed by atoms with Crippen molar-refractivity contribution in [1.82, 2.24) is 10.2 Å². The lowest BCUT2D eigenvalue weighted by atomic mass is 9.99. The van der Waals surface area contributed by atoms with Crippen LogP contribution in [0.1, 0.15) is 43.0 Å². The molecule has 1 N–H and O–H groups in total. The molecule has 0 spiro atoms. The fraction of sp³-hybridized carbons (Fsp3) is 0.310. The number of rotatable bonds is 8. The van der Waals surface area contributed by atoms with Gasteiger partial charge in [0.25, 0.3) is 0 Å². The highest BCUT2D eigenvalue weighted by atomic mass is 35.5. The number of hydrogen-bond acceptors (Lipinski definition) is 2. The molecule has 3 aromatic rings. The molecule has 1 atom stereocenters. The van der Waals surface area contributed by atoms with Gasteiger partial charge in [-0.1, -0.05) is 83.9 Å². The summed E-state index contributed by atoms with van der Waals surface area (Å²) < 4.78 is 0. The zero-order valence-electron chi connectivity index (χ0n) is 20.6. The lowest BCUT2D eigenvalue weighted by molar-refractivity contribution is -0.141. The third kappa shape index (κ3) is 7.58. The molecule has 0 aliphatic carbocycles. The van der Waals surface area contributed by atoms with Crippen LogP contribution in [0.5, 0.6) is 0 Å². The predicted octanol–water partition coefficient (Wildman–Crippen LogP) is 6.40. The summed E-state index contributed by atoms with van der Waals surface area (Å²) in [5.41, 5.74) is 3.11. The van der Waals surface area contributed by atoms with Gasteiger partial charge in [-0.15, -0.1) is 0 Å². The molecule has 3 rings (SSSR count). The van der Waals surface area contributed by atoms with Crippen LogP contribution in [-0.2, 0) is 29.0 Å². The molecule has 4 nitrogen and oxygen atoms in total. The van der Waals surface area contributed by atoms with E-state index >= 15 is 0 Å². The van der Waals surface area contributed by atoms with Gasteiger partial charge in [-0.25, -0.2) is 0 Å².